The highest BCUT2D eigenvalue weighted by Gasteiger charge is 2.12. The molecule has 0 bridgehead atoms. The molecule has 0 spiro atoms. The van der Waals surface area contributed by atoms with Gasteiger partial charge in [0.1, 0.15) is 0 Å². The SMILES string of the molecule is CCOC(=O)c1csc2cnccc12. The second-order valence-corrected chi connectivity index (χ2v) is 3.65. The summed E-state index contributed by atoms with van der Waals surface area (Å²) in [7, 11) is 0. The van der Waals surface area contributed by atoms with Gasteiger partial charge in [-0.2, -0.15) is 0 Å². The summed E-state index contributed by atoms with van der Waals surface area (Å²) in [6, 6.07) is 1.83. The van der Waals surface area contributed by atoms with Crippen LogP contribution in [0.2, 0.25) is 0 Å². The number of esters is 1. The highest BCUT2D eigenvalue weighted by Crippen LogP contribution is 2.25. The number of rotatable bonds is 2. The minimum atomic E-state index is -0.259. The van der Waals surface area contributed by atoms with E-state index in [0.29, 0.717) is 12.2 Å². The Morgan fingerprint density at radius 1 is 1.64 bits per heavy atom. The largest absolute Gasteiger partial charge is 0.462 e. The van der Waals surface area contributed by atoms with Crippen LogP contribution < -0.4 is 0 Å². The summed E-state index contributed by atoms with van der Waals surface area (Å²) in [5.74, 6) is -0.259. The predicted octanol–water partition coefficient (Wildman–Crippen LogP) is 2.47. The van der Waals surface area contributed by atoms with Crippen molar-refractivity contribution in [1.29, 1.82) is 0 Å². The molecule has 0 unspecified atom stereocenters. The van der Waals surface area contributed by atoms with Crippen LogP contribution in [0.25, 0.3) is 10.1 Å². The maximum atomic E-state index is 11.5. The first-order valence-corrected chi connectivity index (χ1v) is 5.19. The van der Waals surface area contributed by atoms with Crippen molar-refractivity contribution in [2.24, 2.45) is 0 Å². The lowest BCUT2D eigenvalue weighted by Crippen LogP contribution is -2.03. The summed E-state index contributed by atoms with van der Waals surface area (Å²) in [5, 5.41) is 2.73. The monoisotopic (exact) mass is 207 g/mol. The smallest absolute Gasteiger partial charge is 0.339 e. The molecule has 0 amide bonds. The summed E-state index contributed by atoms with van der Waals surface area (Å²) in [5.41, 5.74) is 0.634. The number of ether oxygens (including phenoxy) is 1. The molecular weight excluding hydrogens is 198 g/mol. The quantitative estimate of drug-likeness (QED) is 0.710. The van der Waals surface area contributed by atoms with Crippen LogP contribution in [0.5, 0.6) is 0 Å². The van der Waals surface area contributed by atoms with Gasteiger partial charge in [-0.1, -0.05) is 0 Å². The fourth-order valence-electron chi connectivity index (χ4n) is 1.25. The third kappa shape index (κ3) is 1.48. The molecule has 2 aromatic rings. The van der Waals surface area contributed by atoms with Crippen molar-refractivity contribution in [3.8, 4) is 0 Å². The molecule has 2 rings (SSSR count). The molecule has 4 heteroatoms. The third-order valence-electron chi connectivity index (χ3n) is 1.87. The zero-order chi connectivity index (χ0) is 9.97. The van der Waals surface area contributed by atoms with Crippen LogP contribution >= 0.6 is 11.3 Å². The van der Waals surface area contributed by atoms with E-state index in [1.165, 1.54) is 11.3 Å². The Morgan fingerprint density at radius 3 is 3.29 bits per heavy atom. The lowest BCUT2D eigenvalue weighted by molar-refractivity contribution is 0.0529. The van der Waals surface area contributed by atoms with E-state index in [-0.39, 0.29) is 5.97 Å². The van der Waals surface area contributed by atoms with Crippen molar-refractivity contribution in [1.82, 2.24) is 4.98 Å². The van der Waals surface area contributed by atoms with Crippen molar-refractivity contribution < 1.29 is 9.53 Å². The van der Waals surface area contributed by atoms with E-state index in [4.69, 9.17) is 4.74 Å². The van der Waals surface area contributed by atoms with E-state index in [0.717, 1.165) is 10.1 Å². The fraction of sp³-hybridized carbons (Fsp3) is 0.200. The zero-order valence-corrected chi connectivity index (χ0v) is 8.50. The Kier molecular flexibility index (Phi) is 2.45. The first-order chi connectivity index (χ1) is 6.83. The summed E-state index contributed by atoms with van der Waals surface area (Å²) in [6.45, 7) is 2.20. The fourth-order valence-corrected chi connectivity index (χ4v) is 2.14. The third-order valence-corrected chi connectivity index (χ3v) is 2.81. The second-order valence-electron chi connectivity index (χ2n) is 2.74. The molecule has 72 valence electrons. The lowest BCUT2D eigenvalue weighted by Gasteiger charge is -1.98. The Balaban J connectivity index is 2.47. The highest BCUT2D eigenvalue weighted by atomic mass is 32.1. The number of pyridine rings is 1. The van der Waals surface area contributed by atoms with E-state index >= 15 is 0 Å². The lowest BCUT2D eigenvalue weighted by atomic mass is 10.2. The van der Waals surface area contributed by atoms with Gasteiger partial charge >= 0.3 is 5.97 Å². The van der Waals surface area contributed by atoms with Crippen LogP contribution in [0, 0.1) is 0 Å². The second kappa shape index (κ2) is 3.75. The number of hydrogen-bond acceptors (Lipinski definition) is 4. The van der Waals surface area contributed by atoms with Crippen molar-refractivity contribution in [2.75, 3.05) is 6.61 Å². The van der Waals surface area contributed by atoms with Gasteiger partial charge in [-0.25, -0.2) is 4.79 Å². The van der Waals surface area contributed by atoms with Crippen LogP contribution in [-0.4, -0.2) is 17.6 Å². The van der Waals surface area contributed by atoms with Gasteiger partial charge in [-0.15, -0.1) is 11.3 Å². The van der Waals surface area contributed by atoms with E-state index < -0.39 is 0 Å². The minimum Gasteiger partial charge on any atom is -0.462 e. The molecule has 0 aliphatic heterocycles. The summed E-state index contributed by atoms with van der Waals surface area (Å²) in [6.07, 6.45) is 3.43. The van der Waals surface area contributed by atoms with Gasteiger partial charge in [-0.05, 0) is 13.0 Å². The van der Waals surface area contributed by atoms with E-state index in [2.05, 4.69) is 4.98 Å². The van der Waals surface area contributed by atoms with Gasteiger partial charge in [0.15, 0.2) is 0 Å². The molecule has 0 aromatic carbocycles. The van der Waals surface area contributed by atoms with Gasteiger partial charge in [0, 0.05) is 23.2 Å². The summed E-state index contributed by atoms with van der Waals surface area (Å²) < 4.78 is 5.95. The van der Waals surface area contributed by atoms with Crippen molar-refractivity contribution in [3.05, 3.63) is 29.4 Å². The normalized spacial score (nSPS) is 10.4. The molecule has 0 fully saturated rings. The molecule has 2 aromatic heterocycles. The number of carbonyl (C=O) groups excluding carboxylic acids is 1. The van der Waals surface area contributed by atoms with E-state index in [9.17, 15) is 4.79 Å². The molecule has 0 aliphatic rings. The standard InChI is InChI=1S/C10H9NO2S/c1-2-13-10(12)8-6-14-9-5-11-4-3-7(8)9/h3-6H,2H2,1H3. The minimum absolute atomic E-state index is 0.259. The molecule has 0 radical (unpaired) electrons. The topological polar surface area (TPSA) is 39.2 Å². The molecule has 3 nitrogen and oxygen atoms in total. The Bertz CT molecular complexity index is 464. The average Bonchev–Trinajstić information content (AvgIpc) is 2.61. The van der Waals surface area contributed by atoms with E-state index in [1.807, 2.05) is 11.4 Å². The number of nitrogens with zero attached hydrogens (tertiary/aromatic N) is 1. The molecule has 14 heavy (non-hydrogen) atoms. The zero-order valence-electron chi connectivity index (χ0n) is 7.69. The van der Waals surface area contributed by atoms with Crippen LogP contribution in [0.4, 0.5) is 0 Å². The molecule has 0 saturated carbocycles. The van der Waals surface area contributed by atoms with Gasteiger partial charge in [0.05, 0.1) is 16.9 Å². The number of hydrogen-bond donors (Lipinski definition) is 0. The Labute approximate surface area is 85.3 Å². The Morgan fingerprint density at radius 2 is 2.50 bits per heavy atom. The molecular formula is C10H9NO2S. The van der Waals surface area contributed by atoms with Crippen molar-refractivity contribution >= 4 is 27.4 Å². The Hall–Kier alpha value is -1.42. The highest BCUT2D eigenvalue weighted by molar-refractivity contribution is 7.17. The van der Waals surface area contributed by atoms with Crippen molar-refractivity contribution in [2.45, 2.75) is 6.92 Å². The maximum Gasteiger partial charge on any atom is 0.339 e. The first kappa shape index (κ1) is 9.15. The predicted molar refractivity (Wildman–Crippen MR) is 55.6 cm³/mol. The van der Waals surface area contributed by atoms with Gasteiger partial charge in [-0.3, -0.25) is 4.98 Å². The number of fused-ring (bicyclic) bond motifs is 1. The molecule has 0 atom stereocenters. The van der Waals surface area contributed by atoms with Crippen LogP contribution in [0.15, 0.2) is 23.8 Å². The molecule has 0 saturated heterocycles. The van der Waals surface area contributed by atoms with Gasteiger partial charge in [0.2, 0.25) is 0 Å². The number of carbonyl (C=O) groups is 1. The average molecular weight is 207 g/mol. The van der Waals surface area contributed by atoms with Crippen LogP contribution in [0.3, 0.4) is 0 Å². The number of thiophene rings is 1. The van der Waals surface area contributed by atoms with Gasteiger partial charge < -0.3 is 4.74 Å². The molecule has 0 N–H and O–H groups in total. The maximum absolute atomic E-state index is 11.5. The van der Waals surface area contributed by atoms with Gasteiger partial charge in [0.25, 0.3) is 0 Å². The van der Waals surface area contributed by atoms with E-state index in [1.54, 1.807) is 19.3 Å². The first-order valence-electron chi connectivity index (χ1n) is 4.31. The summed E-state index contributed by atoms with van der Waals surface area (Å²) in [4.78, 5) is 15.5. The van der Waals surface area contributed by atoms with Crippen LogP contribution in [-0.2, 0) is 4.74 Å². The molecule has 2 heterocycles. The molecule has 0 aliphatic carbocycles. The van der Waals surface area contributed by atoms with Crippen LogP contribution in [0.1, 0.15) is 17.3 Å². The van der Waals surface area contributed by atoms with Crippen molar-refractivity contribution in [3.63, 3.8) is 0 Å². The summed E-state index contributed by atoms with van der Waals surface area (Å²) >= 11 is 1.50. The number of aromatic nitrogens is 1.